The Morgan fingerprint density at radius 2 is 1.61 bits per heavy atom. The minimum absolute atomic E-state index is 0.105. The van der Waals surface area contributed by atoms with Crippen LogP contribution >= 0.6 is 0 Å². The highest BCUT2D eigenvalue weighted by Crippen LogP contribution is 2.27. The predicted molar refractivity (Wildman–Crippen MR) is 97.9 cm³/mol. The van der Waals surface area contributed by atoms with Crippen LogP contribution in [0.3, 0.4) is 0 Å². The van der Waals surface area contributed by atoms with Gasteiger partial charge in [0.1, 0.15) is 5.56 Å². The SMILES string of the molecule is O=C(O)/C=C/C(=O)O.O=C(c1ccccc1[N+](=O)[O-])N1C[C@@H]2CNC[C@@H](C2)C1. The normalized spacial score (nSPS) is 20.8. The van der Waals surface area contributed by atoms with Crippen molar-refractivity contribution in [2.24, 2.45) is 11.8 Å². The molecule has 28 heavy (non-hydrogen) atoms. The van der Waals surface area contributed by atoms with Gasteiger partial charge in [0.05, 0.1) is 4.92 Å². The number of aliphatic carboxylic acids is 2. The molecule has 10 nitrogen and oxygen atoms in total. The average molecular weight is 391 g/mol. The summed E-state index contributed by atoms with van der Waals surface area (Å²) in [6, 6.07) is 6.19. The van der Waals surface area contributed by atoms with Crippen molar-refractivity contribution in [1.29, 1.82) is 0 Å². The van der Waals surface area contributed by atoms with Gasteiger partial charge in [0.25, 0.3) is 11.6 Å². The van der Waals surface area contributed by atoms with E-state index in [1.165, 1.54) is 6.07 Å². The van der Waals surface area contributed by atoms with Gasteiger partial charge >= 0.3 is 11.9 Å². The number of carboxylic acids is 2. The molecule has 0 spiro atoms. The molecule has 1 aromatic carbocycles. The number of nitro groups is 1. The summed E-state index contributed by atoms with van der Waals surface area (Å²) in [5.74, 6) is -1.79. The second-order valence-corrected chi connectivity index (χ2v) is 6.62. The molecular weight excluding hydrogens is 370 g/mol. The fourth-order valence-corrected chi connectivity index (χ4v) is 3.40. The molecule has 0 aliphatic carbocycles. The minimum Gasteiger partial charge on any atom is -0.478 e. The van der Waals surface area contributed by atoms with Crippen molar-refractivity contribution in [1.82, 2.24) is 10.2 Å². The van der Waals surface area contributed by atoms with E-state index in [0.29, 0.717) is 37.1 Å². The van der Waals surface area contributed by atoms with Gasteiger partial charge in [-0.25, -0.2) is 9.59 Å². The first-order chi connectivity index (χ1) is 13.3. The van der Waals surface area contributed by atoms with Crippen molar-refractivity contribution in [3.8, 4) is 0 Å². The second kappa shape index (κ2) is 9.60. The first kappa shape index (κ1) is 21.0. The molecule has 10 heteroatoms. The third-order valence-electron chi connectivity index (χ3n) is 4.48. The highest BCUT2D eigenvalue weighted by Gasteiger charge is 2.34. The summed E-state index contributed by atoms with van der Waals surface area (Å²) in [6.45, 7) is 3.23. The fourth-order valence-electron chi connectivity index (χ4n) is 3.40. The van der Waals surface area contributed by atoms with Gasteiger partial charge in [-0.05, 0) is 37.4 Å². The summed E-state index contributed by atoms with van der Waals surface area (Å²) < 4.78 is 0. The topological polar surface area (TPSA) is 150 Å². The van der Waals surface area contributed by atoms with Crippen molar-refractivity contribution in [3.05, 3.63) is 52.1 Å². The van der Waals surface area contributed by atoms with Crippen molar-refractivity contribution in [2.45, 2.75) is 6.42 Å². The fraction of sp³-hybridized carbons (Fsp3) is 0.389. The number of carbonyl (C=O) groups excluding carboxylic acids is 1. The summed E-state index contributed by atoms with van der Waals surface area (Å²) in [5, 5.41) is 30.0. The van der Waals surface area contributed by atoms with Gasteiger partial charge in [0.2, 0.25) is 0 Å². The summed E-state index contributed by atoms with van der Waals surface area (Å²) in [4.78, 5) is 44.0. The smallest absolute Gasteiger partial charge is 0.328 e. The molecule has 2 fully saturated rings. The molecule has 2 saturated heterocycles. The zero-order valence-corrected chi connectivity index (χ0v) is 15.0. The number of carbonyl (C=O) groups is 3. The number of rotatable bonds is 4. The molecule has 1 aromatic rings. The predicted octanol–water partition coefficient (Wildman–Crippen LogP) is 0.988. The van der Waals surface area contributed by atoms with E-state index < -0.39 is 16.9 Å². The molecule has 2 heterocycles. The number of nitrogens with one attached hydrogen (secondary N) is 1. The standard InChI is InChI=1S/C14H17N3O3.C4H4O4/c18-14(12-3-1-2-4-13(12)17(19)20)16-8-10-5-11(9-16)7-15-6-10;5-3(6)1-2-4(7)8/h1-4,10-11,15H,5-9H2;1-2H,(H,5,6)(H,7,8)/b;2-1+/t10-,11+;. The summed E-state index contributed by atoms with van der Waals surface area (Å²) >= 11 is 0. The number of piperidine rings is 2. The number of benzene rings is 1. The Bertz CT molecular complexity index is 765. The maximum absolute atomic E-state index is 12.6. The first-order valence-electron chi connectivity index (χ1n) is 8.65. The van der Waals surface area contributed by atoms with Crippen LogP contribution in [0.5, 0.6) is 0 Å². The molecule has 2 aliphatic rings. The summed E-state index contributed by atoms with van der Waals surface area (Å²) in [6.07, 6.45) is 2.26. The molecule has 2 atom stereocenters. The number of para-hydroxylation sites is 1. The van der Waals surface area contributed by atoms with E-state index in [1.54, 1.807) is 23.1 Å². The molecule has 2 aliphatic heterocycles. The Morgan fingerprint density at radius 3 is 2.11 bits per heavy atom. The van der Waals surface area contributed by atoms with Gasteiger partial charge in [0.15, 0.2) is 0 Å². The molecule has 3 N–H and O–H groups in total. The summed E-state index contributed by atoms with van der Waals surface area (Å²) in [5.41, 5.74) is 0.0943. The third-order valence-corrected chi connectivity index (χ3v) is 4.48. The monoisotopic (exact) mass is 391 g/mol. The Balaban J connectivity index is 0.000000300. The lowest BCUT2D eigenvalue weighted by Crippen LogP contribution is -2.52. The third kappa shape index (κ3) is 5.88. The summed E-state index contributed by atoms with van der Waals surface area (Å²) in [7, 11) is 0. The largest absolute Gasteiger partial charge is 0.478 e. The number of amides is 1. The highest BCUT2D eigenvalue weighted by atomic mass is 16.6. The van der Waals surface area contributed by atoms with Gasteiger partial charge in [-0.3, -0.25) is 14.9 Å². The molecule has 0 aromatic heterocycles. The lowest BCUT2D eigenvalue weighted by molar-refractivity contribution is -0.385. The van der Waals surface area contributed by atoms with Crippen molar-refractivity contribution >= 4 is 23.5 Å². The van der Waals surface area contributed by atoms with Crippen LogP contribution in [0.1, 0.15) is 16.8 Å². The Hall–Kier alpha value is -3.27. The van der Waals surface area contributed by atoms with E-state index in [2.05, 4.69) is 5.32 Å². The Morgan fingerprint density at radius 1 is 1.07 bits per heavy atom. The van der Waals surface area contributed by atoms with Gasteiger partial charge in [-0.15, -0.1) is 0 Å². The number of hydrogen-bond donors (Lipinski definition) is 3. The molecule has 0 radical (unpaired) electrons. The minimum atomic E-state index is -1.26. The quantitative estimate of drug-likeness (QED) is 0.391. The average Bonchev–Trinajstić information content (AvgIpc) is 2.66. The Kier molecular flexibility index (Phi) is 7.21. The molecule has 150 valence electrons. The van der Waals surface area contributed by atoms with E-state index in [0.717, 1.165) is 19.5 Å². The lowest BCUT2D eigenvalue weighted by Gasteiger charge is -2.41. The number of likely N-dealkylation sites (tertiary alicyclic amines) is 1. The second-order valence-electron chi connectivity index (χ2n) is 6.62. The van der Waals surface area contributed by atoms with Crippen LogP contribution in [-0.4, -0.2) is 64.1 Å². The van der Waals surface area contributed by atoms with Crippen LogP contribution in [0.15, 0.2) is 36.4 Å². The molecule has 0 saturated carbocycles. The number of carboxylic acid groups (broad SMARTS) is 2. The van der Waals surface area contributed by atoms with Gasteiger partial charge in [0, 0.05) is 31.3 Å². The Labute approximate surface area is 160 Å². The molecule has 1 amide bonds. The molecular formula is C18H21N3O7. The highest BCUT2D eigenvalue weighted by molar-refractivity contribution is 5.98. The van der Waals surface area contributed by atoms with Crippen LogP contribution in [-0.2, 0) is 9.59 Å². The van der Waals surface area contributed by atoms with E-state index in [-0.39, 0.29) is 17.2 Å². The zero-order valence-electron chi connectivity index (χ0n) is 15.0. The van der Waals surface area contributed by atoms with Crippen LogP contribution in [0.4, 0.5) is 5.69 Å². The maximum Gasteiger partial charge on any atom is 0.328 e. The van der Waals surface area contributed by atoms with Gasteiger partial charge in [-0.2, -0.15) is 0 Å². The number of hydrogen-bond acceptors (Lipinski definition) is 6. The number of fused-ring (bicyclic) bond motifs is 2. The molecule has 3 rings (SSSR count). The van der Waals surface area contributed by atoms with Crippen LogP contribution in [0, 0.1) is 22.0 Å². The maximum atomic E-state index is 12.6. The van der Waals surface area contributed by atoms with E-state index in [1.807, 2.05) is 0 Å². The van der Waals surface area contributed by atoms with E-state index in [9.17, 15) is 24.5 Å². The van der Waals surface area contributed by atoms with Crippen molar-refractivity contribution < 1.29 is 29.5 Å². The first-order valence-corrected chi connectivity index (χ1v) is 8.65. The van der Waals surface area contributed by atoms with Crippen molar-refractivity contribution in [2.75, 3.05) is 26.2 Å². The van der Waals surface area contributed by atoms with E-state index in [4.69, 9.17) is 10.2 Å². The van der Waals surface area contributed by atoms with Gasteiger partial charge in [-0.1, -0.05) is 12.1 Å². The lowest BCUT2D eigenvalue weighted by atomic mass is 9.85. The van der Waals surface area contributed by atoms with Crippen molar-refractivity contribution in [3.63, 3.8) is 0 Å². The van der Waals surface area contributed by atoms with E-state index >= 15 is 0 Å². The molecule has 2 bridgehead atoms. The van der Waals surface area contributed by atoms with Crippen LogP contribution in [0.25, 0.3) is 0 Å². The molecule has 0 unspecified atom stereocenters. The zero-order chi connectivity index (χ0) is 20.7. The van der Waals surface area contributed by atoms with Gasteiger partial charge < -0.3 is 20.4 Å². The number of nitrogens with zero attached hydrogens (tertiary/aromatic N) is 2. The van der Waals surface area contributed by atoms with Crippen LogP contribution < -0.4 is 5.32 Å². The van der Waals surface area contributed by atoms with Crippen LogP contribution in [0.2, 0.25) is 0 Å². The number of nitro benzene ring substituents is 1.